The molecule has 220 valence electrons. The fourth-order valence-electron chi connectivity index (χ4n) is 10.2. The molecule has 0 aromatic heterocycles. The molecule has 1 saturated heterocycles. The van der Waals surface area contributed by atoms with Crippen molar-refractivity contribution in [3.63, 3.8) is 0 Å². The van der Waals surface area contributed by atoms with Crippen LogP contribution in [0.3, 0.4) is 0 Å². The highest BCUT2D eigenvalue weighted by Gasteiger charge is 2.70. The molecule has 5 fully saturated rings. The van der Waals surface area contributed by atoms with Crippen molar-refractivity contribution in [2.75, 3.05) is 13.7 Å². The summed E-state index contributed by atoms with van der Waals surface area (Å²) in [7, 11) is 1.48. The van der Waals surface area contributed by atoms with Crippen LogP contribution < -0.4 is 0 Å². The van der Waals surface area contributed by atoms with Crippen molar-refractivity contribution in [2.45, 2.75) is 121 Å². The summed E-state index contributed by atoms with van der Waals surface area (Å²) in [6.45, 7) is 6.48. The number of aliphatic hydroxyl groups is 4. The monoisotopic (exact) mass is 550 g/mol. The number of cyclic esters (lactones) is 1. The van der Waals surface area contributed by atoms with Crippen LogP contribution in [0.2, 0.25) is 0 Å². The minimum absolute atomic E-state index is 0.0547. The topological polar surface area (TPSA) is 135 Å². The van der Waals surface area contributed by atoms with Gasteiger partial charge in [0.1, 0.15) is 24.9 Å². The summed E-state index contributed by atoms with van der Waals surface area (Å²) in [6.07, 6.45) is 3.40. The quantitative estimate of drug-likeness (QED) is 0.307. The summed E-state index contributed by atoms with van der Waals surface area (Å²) in [5.74, 6) is 0.260. The maximum atomic E-state index is 12.4. The normalized spacial score (nSPS) is 55.3. The van der Waals surface area contributed by atoms with Crippen LogP contribution in [-0.2, 0) is 23.7 Å². The van der Waals surface area contributed by atoms with Crippen LogP contribution in [-0.4, -0.2) is 88.6 Å². The highest BCUT2D eigenvalue weighted by Crippen LogP contribution is 2.70. The first-order valence-electron chi connectivity index (χ1n) is 14.9. The lowest BCUT2D eigenvalue weighted by molar-refractivity contribution is -0.313. The number of esters is 1. The second-order valence-corrected chi connectivity index (χ2v) is 13.9. The summed E-state index contributed by atoms with van der Waals surface area (Å²) in [5.41, 5.74) is -0.601. The van der Waals surface area contributed by atoms with Gasteiger partial charge in [-0.25, -0.2) is 4.79 Å². The maximum Gasteiger partial charge on any atom is 0.331 e. The average molecular weight is 551 g/mol. The van der Waals surface area contributed by atoms with Crippen molar-refractivity contribution in [2.24, 2.45) is 34.5 Å². The van der Waals surface area contributed by atoms with E-state index in [0.717, 1.165) is 50.5 Å². The SMILES string of the molecule is CO[C@@H]1[C@@H](O)[C@H](C)O[C@@H](O[C@H]2CC[C@@]3(C)[C@H](CC[C@@H]4[C@@H]3CC[C@]3(C)[C@@H](C5=CC(=O)OC5)[C@@H](O)C[C@]43O)C2)[C@@H]1O. The van der Waals surface area contributed by atoms with Gasteiger partial charge in [-0.15, -0.1) is 0 Å². The van der Waals surface area contributed by atoms with E-state index in [1.54, 1.807) is 6.92 Å². The van der Waals surface area contributed by atoms with Gasteiger partial charge in [0.2, 0.25) is 0 Å². The minimum Gasteiger partial charge on any atom is -0.458 e. The predicted octanol–water partition coefficient (Wildman–Crippen LogP) is 2.08. The molecule has 4 N–H and O–H groups in total. The smallest absolute Gasteiger partial charge is 0.331 e. The third kappa shape index (κ3) is 4.09. The van der Waals surface area contributed by atoms with Crippen LogP contribution >= 0.6 is 0 Å². The zero-order valence-electron chi connectivity index (χ0n) is 23.6. The lowest BCUT2D eigenvalue weighted by Gasteiger charge is -2.63. The Kier molecular flexibility index (Phi) is 7.02. The van der Waals surface area contributed by atoms with Crippen LogP contribution in [0.15, 0.2) is 11.6 Å². The van der Waals surface area contributed by atoms with Crippen molar-refractivity contribution in [1.82, 2.24) is 0 Å². The molecule has 6 rings (SSSR count). The van der Waals surface area contributed by atoms with Crippen molar-refractivity contribution in [3.8, 4) is 0 Å². The van der Waals surface area contributed by atoms with Crippen LogP contribution in [0.5, 0.6) is 0 Å². The van der Waals surface area contributed by atoms with E-state index in [-0.39, 0.29) is 35.9 Å². The Hall–Kier alpha value is -1.07. The van der Waals surface area contributed by atoms with E-state index in [1.807, 2.05) is 0 Å². The van der Waals surface area contributed by atoms with Gasteiger partial charge in [0.15, 0.2) is 6.29 Å². The third-order valence-corrected chi connectivity index (χ3v) is 12.3. The molecule has 2 aliphatic heterocycles. The standard InChI is InChI=1S/C30H46O9/c1-15-24(33)26(36-4)25(34)27(38-15)39-18-7-9-28(2)17(12-18)5-6-20-19(28)8-10-29(3)23(16-11-22(32)37-14-16)21(31)13-30(20,29)35/h11,15,17-21,23-27,31,33-35H,5-10,12-14H2,1-4H3/t15-,17+,18-,19-,20+,21-,23-,24-,25+,26+,27-,28-,29+,30-/m0/s1. The van der Waals surface area contributed by atoms with Gasteiger partial charge in [-0.3, -0.25) is 0 Å². The van der Waals surface area contributed by atoms with Gasteiger partial charge in [-0.05, 0) is 80.6 Å². The fraction of sp³-hybridized carbons (Fsp3) is 0.900. The lowest BCUT2D eigenvalue weighted by atomic mass is 9.43. The summed E-state index contributed by atoms with van der Waals surface area (Å²) in [4.78, 5) is 11.8. The van der Waals surface area contributed by atoms with Crippen LogP contribution in [0.25, 0.3) is 0 Å². The van der Waals surface area contributed by atoms with Crippen molar-refractivity contribution < 1.29 is 44.2 Å². The zero-order valence-corrected chi connectivity index (χ0v) is 23.6. The highest BCUT2D eigenvalue weighted by atomic mass is 16.7. The molecule has 14 atom stereocenters. The van der Waals surface area contributed by atoms with E-state index >= 15 is 0 Å². The Morgan fingerprint density at radius 1 is 1.03 bits per heavy atom. The predicted molar refractivity (Wildman–Crippen MR) is 139 cm³/mol. The molecule has 39 heavy (non-hydrogen) atoms. The number of ether oxygens (including phenoxy) is 4. The van der Waals surface area contributed by atoms with Crippen molar-refractivity contribution >= 4 is 5.97 Å². The van der Waals surface area contributed by atoms with E-state index in [0.29, 0.717) is 18.3 Å². The number of carbonyl (C=O) groups is 1. The second kappa shape index (κ2) is 9.75. The molecule has 9 heteroatoms. The lowest BCUT2D eigenvalue weighted by Crippen LogP contribution is -2.62. The number of methoxy groups -OCH3 is 1. The Bertz CT molecular complexity index is 1000. The summed E-state index contributed by atoms with van der Waals surface area (Å²) >= 11 is 0. The average Bonchev–Trinajstić information content (AvgIpc) is 3.39. The van der Waals surface area contributed by atoms with E-state index in [2.05, 4.69) is 13.8 Å². The molecule has 4 aliphatic carbocycles. The van der Waals surface area contributed by atoms with Crippen molar-refractivity contribution in [3.05, 3.63) is 11.6 Å². The number of hydrogen-bond donors (Lipinski definition) is 4. The van der Waals surface area contributed by atoms with E-state index in [1.165, 1.54) is 13.2 Å². The van der Waals surface area contributed by atoms with Gasteiger partial charge in [-0.1, -0.05) is 13.8 Å². The molecule has 4 saturated carbocycles. The van der Waals surface area contributed by atoms with Gasteiger partial charge >= 0.3 is 5.97 Å². The van der Waals surface area contributed by atoms with Gasteiger partial charge in [-0.2, -0.15) is 0 Å². The molecule has 6 aliphatic rings. The molecule has 0 aromatic rings. The van der Waals surface area contributed by atoms with Crippen LogP contribution in [0.1, 0.15) is 72.1 Å². The highest BCUT2D eigenvalue weighted by molar-refractivity contribution is 5.85. The van der Waals surface area contributed by atoms with Gasteiger partial charge in [0.05, 0.1) is 23.9 Å². The number of aliphatic hydroxyl groups excluding tert-OH is 3. The van der Waals surface area contributed by atoms with Crippen LogP contribution in [0.4, 0.5) is 0 Å². The molecule has 0 bridgehead atoms. The Morgan fingerprint density at radius 3 is 2.49 bits per heavy atom. The molecule has 0 radical (unpaired) electrons. The first-order chi connectivity index (χ1) is 18.4. The van der Waals surface area contributed by atoms with E-state index < -0.39 is 47.8 Å². The largest absolute Gasteiger partial charge is 0.458 e. The molecule has 0 spiro atoms. The van der Waals surface area contributed by atoms with E-state index in [4.69, 9.17) is 18.9 Å². The first kappa shape index (κ1) is 28.1. The fourth-order valence-corrected chi connectivity index (χ4v) is 10.2. The van der Waals surface area contributed by atoms with Gasteiger partial charge in [0, 0.05) is 30.9 Å². The molecule has 0 amide bonds. The first-order valence-corrected chi connectivity index (χ1v) is 14.9. The molecule has 0 unspecified atom stereocenters. The summed E-state index contributed by atoms with van der Waals surface area (Å²) in [6, 6.07) is 0. The van der Waals surface area contributed by atoms with Gasteiger partial charge in [0.25, 0.3) is 0 Å². The van der Waals surface area contributed by atoms with Crippen LogP contribution in [0, 0.1) is 34.5 Å². The third-order valence-electron chi connectivity index (χ3n) is 12.3. The number of fused-ring (bicyclic) bond motifs is 5. The molecule has 9 nitrogen and oxygen atoms in total. The number of carbonyl (C=O) groups excluding carboxylic acids is 1. The Morgan fingerprint density at radius 2 is 1.79 bits per heavy atom. The number of rotatable bonds is 4. The molecule has 0 aromatic carbocycles. The Balaban J connectivity index is 1.17. The minimum atomic E-state index is -1.06. The Labute approximate surface area is 230 Å². The maximum absolute atomic E-state index is 12.4. The number of hydrogen-bond acceptors (Lipinski definition) is 9. The van der Waals surface area contributed by atoms with Gasteiger partial charge < -0.3 is 39.4 Å². The summed E-state index contributed by atoms with van der Waals surface area (Å²) < 4.78 is 22.7. The zero-order chi connectivity index (χ0) is 27.9. The molecule has 2 heterocycles. The summed E-state index contributed by atoms with van der Waals surface area (Å²) in [5, 5.41) is 44.7. The molecular formula is C30H46O9. The van der Waals surface area contributed by atoms with Crippen molar-refractivity contribution in [1.29, 1.82) is 0 Å². The molecular weight excluding hydrogens is 504 g/mol. The second-order valence-electron chi connectivity index (χ2n) is 13.9. The van der Waals surface area contributed by atoms with E-state index in [9.17, 15) is 25.2 Å².